The Morgan fingerprint density at radius 1 is 1.29 bits per heavy atom. The number of imidazole rings is 1. The number of hydrogen-bond acceptors (Lipinski definition) is 3. The molecule has 21 heavy (non-hydrogen) atoms. The van der Waals surface area contributed by atoms with Gasteiger partial charge in [0.1, 0.15) is 11.3 Å². The van der Waals surface area contributed by atoms with E-state index in [9.17, 15) is 4.79 Å². The first-order valence-corrected chi connectivity index (χ1v) is 7.29. The van der Waals surface area contributed by atoms with Crippen molar-refractivity contribution in [2.24, 2.45) is 0 Å². The second-order valence-electron chi connectivity index (χ2n) is 4.43. The first-order valence-electron chi connectivity index (χ1n) is 6.12. The zero-order valence-electron chi connectivity index (χ0n) is 11.0. The van der Waals surface area contributed by atoms with Gasteiger partial charge in [-0.3, -0.25) is 0 Å². The first-order chi connectivity index (χ1) is 10.1. The molecule has 0 saturated carbocycles. The van der Waals surface area contributed by atoms with Crippen molar-refractivity contribution < 1.29 is 9.53 Å². The van der Waals surface area contributed by atoms with Crippen molar-refractivity contribution in [3.63, 3.8) is 0 Å². The van der Waals surface area contributed by atoms with E-state index >= 15 is 0 Å². The molecule has 1 N–H and O–H groups in total. The zero-order chi connectivity index (χ0) is 15.0. The molecule has 0 radical (unpaired) electrons. The number of H-pyrrole nitrogens is 1. The second kappa shape index (κ2) is 5.50. The number of nitrogens with zero attached hydrogens (tertiary/aromatic N) is 1. The number of carbonyl (C=O) groups excluding carboxylic acids is 1. The maximum atomic E-state index is 11.9. The lowest BCUT2D eigenvalue weighted by atomic mass is 10.2. The highest BCUT2D eigenvalue weighted by molar-refractivity contribution is 9.10. The smallest absolute Gasteiger partial charge is 0.340 e. The molecule has 0 unspecified atom stereocenters. The van der Waals surface area contributed by atoms with Gasteiger partial charge in [-0.15, -0.1) is 0 Å². The summed E-state index contributed by atoms with van der Waals surface area (Å²) in [5.74, 6) is 0.250. The number of nitrogens with one attached hydrogen (secondary N) is 1. The maximum absolute atomic E-state index is 11.9. The number of methoxy groups -OCH3 is 1. The molecular weight excluding hydrogens is 356 g/mol. The third kappa shape index (κ3) is 2.66. The summed E-state index contributed by atoms with van der Waals surface area (Å²) in [6, 6.07) is 10.9. The molecule has 4 nitrogen and oxygen atoms in total. The van der Waals surface area contributed by atoms with Crippen LogP contribution in [0.25, 0.3) is 22.4 Å². The number of rotatable bonds is 2. The number of benzene rings is 2. The molecule has 0 spiro atoms. The van der Waals surface area contributed by atoms with E-state index in [1.807, 2.05) is 18.2 Å². The average molecular weight is 366 g/mol. The van der Waals surface area contributed by atoms with Gasteiger partial charge in [0.2, 0.25) is 0 Å². The molecule has 1 heterocycles. The van der Waals surface area contributed by atoms with Gasteiger partial charge in [-0.05, 0) is 36.4 Å². The molecule has 0 aliphatic rings. The second-order valence-corrected chi connectivity index (χ2v) is 5.79. The summed E-state index contributed by atoms with van der Waals surface area (Å²) in [6.07, 6.45) is 0. The van der Waals surface area contributed by atoms with Gasteiger partial charge in [0.25, 0.3) is 0 Å². The van der Waals surface area contributed by atoms with Gasteiger partial charge in [0, 0.05) is 15.1 Å². The summed E-state index contributed by atoms with van der Waals surface area (Å²) in [4.78, 5) is 19.6. The van der Waals surface area contributed by atoms with E-state index in [1.165, 1.54) is 7.11 Å². The molecule has 1 aromatic heterocycles. The topological polar surface area (TPSA) is 55.0 Å². The monoisotopic (exact) mass is 364 g/mol. The van der Waals surface area contributed by atoms with Crippen LogP contribution < -0.4 is 0 Å². The predicted molar refractivity (Wildman–Crippen MR) is 85.6 cm³/mol. The van der Waals surface area contributed by atoms with Gasteiger partial charge >= 0.3 is 5.97 Å². The number of carbonyl (C=O) groups is 1. The fraction of sp³-hybridized carbons (Fsp3) is 0.0667. The van der Waals surface area contributed by atoms with Gasteiger partial charge in [-0.1, -0.05) is 27.5 Å². The minimum absolute atomic E-state index is 0.415. The summed E-state index contributed by atoms with van der Waals surface area (Å²) < 4.78 is 5.58. The third-order valence-electron chi connectivity index (χ3n) is 3.07. The number of halogens is 2. The highest BCUT2D eigenvalue weighted by atomic mass is 79.9. The standard InChI is InChI=1S/C15H10BrClN2O2/c1-21-15(20)11-6-9(16)7-12-13(11)19-14(18-12)8-2-4-10(17)5-3-8/h2-7H,1H3,(H,18,19). The lowest BCUT2D eigenvalue weighted by molar-refractivity contribution is 0.0602. The van der Waals surface area contributed by atoms with Gasteiger partial charge in [0.05, 0.1) is 18.2 Å². The molecule has 0 aliphatic heterocycles. The van der Waals surface area contributed by atoms with Crippen molar-refractivity contribution in [1.29, 1.82) is 0 Å². The van der Waals surface area contributed by atoms with E-state index in [4.69, 9.17) is 16.3 Å². The van der Waals surface area contributed by atoms with E-state index in [0.29, 0.717) is 21.9 Å². The van der Waals surface area contributed by atoms with Crippen LogP contribution in [0.15, 0.2) is 40.9 Å². The van der Waals surface area contributed by atoms with Gasteiger partial charge < -0.3 is 9.72 Å². The van der Waals surface area contributed by atoms with Crippen molar-refractivity contribution in [2.75, 3.05) is 7.11 Å². The number of ether oxygens (including phenoxy) is 1. The Bertz CT molecular complexity index is 828. The molecule has 3 rings (SSSR count). The number of aromatic amines is 1. The molecule has 106 valence electrons. The zero-order valence-corrected chi connectivity index (χ0v) is 13.3. The summed E-state index contributed by atoms with van der Waals surface area (Å²) in [7, 11) is 1.35. The van der Waals surface area contributed by atoms with Gasteiger partial charge in [0.15, 0.2) is 0 Å². The normalized spacial score (nSPS) is 10.8. The fourth-order valence-corrected chi connectivity index (χ4v) is 2.68. The van der Waals surface area contributed by atoms with Crippen molar-refractivity contribution in [3.05, 3.63) is 51.5 Å². The Hall–Kier alpha value is -1.85. The van der Waals surface area contributed by atoms with E-state index in [-0.39, 0.29) is 0 Å². The molecule has 0 fully saturated rings. The van der Waals surface area contributed by atoms with Gasteiger partial charge in [-0.25, -0.2) is 9.78 Å². The minimum atomic E-state index is -0.421. The van der Waals surface area contributed by atoms with Crippen LogP contribution in [0.2, 0.25) is 5.02 Å². The van der Waals surface area contributed by atoms with E-state index < -0.39 is 5.97 Å². The molecule has 0 saturated heterocycles. The van der Waals surface area contributed by atoms with E-state index in [1.54, 1.807) is 18.2 Å². The summed E-state index contributed by atoms with van der Waals surface area (Å²) >= 11 is 9.27. The number of aromatic nitrogens is 2. The molecule has 2 aromatic carbocycles. The maximum Gasteiger partial charge on any atom is 0.340 e. The molecule has 0 aliphatic carbocycles. The molecule has 0 amide bonds. The van der Waals surface area contributed by atoms with E-state index in [2.05, 4.69) is 25.9 Å². The van der Waals surface area contributed by atoms with Crippen molar-refractivity contribution in [2.45, 2.75) is 0 Å². The Balaban J connectivity index is 2.19. The average Bonchev–Trinajstić information content (AvgIpc) is 2.89. The van der Waals surface area contributed by atoms with Crippen LogP contribution in [0.5, 0.6) is 0 Å². The molecule has 3 aromatic rings. The van der Waals surface area contributed by atoms with Crippen LogP contribution >= 0.6 is 27.5 Å². The fourth-order valence-electron chi connectivity index (χ4n) is 2.09. The number of fused-ring (bicyclic) bond motifs is 1. The summed E-state index contributed by atoms with van der Waals surface area (Å²) in [6.45, 7) is 0. The molecule has 0 bridgehead atoms. The van der Waals surface area contributed by atoms with Crippen LogP contribution in [-0.2, 0) is 4.74 Å². The predicted octanol–water partition coefficient (Wildman–Crippen LogP) is 4.43. The van der Waals surface area contributed by atoms with Crippen molar-refractivity contribution in [1.82, 2.24) is 9.97 Å². The highest BCUT2D eigenvalue weighted by Crippen LogP contribution is 2.27. The van der Waals surface area contributed by atoms with Crippen LogP contribution in [0.3, 0.4) is 0 Å². The third-order valence-corrected chi connectivity index (χ3v) is 3.78. The van der Waals surface area contributed by atoms with Crippen molar-refractivity contribution in [3.8, 4) is 11.4 Å². The van der Waals surface area contributed by atoms with Crippen LogP contribution in [-0.4, -0.2) is 23.0 Å². The Labute approximate surface area is 134 Å². The molecular formula is C15H10BrClN2O2. The minimum Gasteiger partial charge on any atom is -0.465 e. The lowest BCUT2D eigenvalue weighted by Gasteiger charge is -2.00. The number of esters is 1. The molecule has 6 heteroatoms. The Morgan fingerprint density at radius 3 is 2.67 bits per heavy atom. The van der Waals surface area contributed by atoms with Crippen molar-refractivity contribution >= 4 is 44.5 Å². The van der Waals surface area contributed by atoms with Crippen LogP contribution in [0.4, 0.5) is 0 Å². The van der Waals surface area contributed by atoms with Gasteiger partial charge in [-0.2, -0.15) is 0 Å². The molecule has 0 atom stereocenters. The Morgan fingerprint density at radius 2 is 2.00 bits per heavy atom. The quantitative estimate of drug-likeness (QED) is 0.683. The SMILES string of the molecule is COC(=O)c1cc(Br)cc2[nH]c(-c3ccc(Cl)cc3)nc12. The Kier molecular flexibility index (Phi) is 3.69. The first kappa shape index (κ1) is 14.1. The largest absolute Gasteiger partial charge is 0.465 e. The van der Waals surface area contributed by atoms with E-state index in [0.717, 1.165) is 15.6 Å². The van der Waals surface area contributed by atoms with Crippen LogP contribution in [0.1, 0.15) is 10.4 Å². The summed E-state index contributed by atoms with van der Waals surface area (Å²) in [5, 5.41) is 0.660. The number of hydrogen-bond donors (Lipinski definition) is 1. The lowest BCUT2D eigenvalue weighted by Crippen LogP contribution is -2.02. The summed E-state index contributed by atoms with van der Waals surface area (Å²) in [5.41, 5.74) is 2.64. The highest BCUT2D eigenvalue weighted by Gasteiger charge is 2.16. The van der Waals surface area contributed by atoms with Crippen LogP contribution in [0, 0.1) is 0 Å².